The fourth-order valence-electron chi connectivity index (χ4n) is 2.64. The molecule has 3 aromatic heterocycles. The Hall–Kier alpha value is -2.83. The third kappa shape index (κ3) is 5.20. The fourth-order valence-corrected chi connectivity index (χ4v) is 3.77. The smallest absolute Gasteiger partial charge is 0.286 e. The van der Waals surface area contributed by atoms with Gasteiger partial charge in [0.25, 0.3) is 12.0 Å². The predicted octanol–water partition coefficient (Wildman–Crippen LogP) is 4.01. The summed E-state index contributed by atoms with van der Waals surface area (Å²) in [5, 5.41) is 4.12. The van der Waals surface area contributed by atoms with Crippen LogP contribution < -0.4 is 5.56 Å². The van der Waals surface area contributed by atoms with Gasteiger partial charge < -0.3 is 4.57 Å². The number of ketones is 1. The van der Waals surface area contributed by atoms with Gasteiger partial charge in [0.15, 0.2) is 11.6 Å². The Labute approximate surface area is 178 Å². The van der Waals surface area contributed by atoms with Gasteiger partial charge in [0.05, 0.1) is 28.7 Å². The van der Waals surface area contributed by atoms with E-state index < -0.39 is 30.1 Å². The van der Waals surface area contributed by atoms with Gasteiger partial charge in [-0.1, -0.05) is 23.4 Å². The average Bonchev–Trinajstić information content (AvgIpc) is 3.30. The molecule has 156 valence electrons. The number of Topliss-reactive ketones (excluding diaryl/α,β-unsaturated/α-hetero) is 1. The van der Waals surface area contributed by atoms with Crippen LogP contribution in [-0.2, 0) is 19.5 Å². The zero-order valence-corrected chi connectivity index (χ0v) is 17.2. The van der Waals surface area contributed by atoms with Crippen LogP contribution in [0.15, 0.2) is 35.5 Å². The topological polar surface area (TPSA) is 56.9 Å². The van der Waals surface area contributed by atoms with Crippen LogP contribution in [0.3, 0.4) is 0 Å². The summed E-state index contributed by atoms with van der Waals surface area (Å²) in [7, 11) is 0. The number of thiophene rings is 1. The molecule has 5 nitrogen and oxygen atoms in total. The molecule has 0 aliphatic rings. The first-order valence-corrected chi connectivity index (χ1v) is 10.00. The quantitative estimate of drug-likeness (QED) is 0.418. The molecule has 0 N–H and O–H groups in total. The summed E-state index contributed by atoms with van der Waals surface area (Å²) in [6, 6.07) is 2.40. The molecule has 0 amide bonds. The molecule has 0 radical (unpaired) electrons. The molecule has 30 heavy (non-hydrogen) atoms. The molecule has 0 saturated carbocycles. The van der Waals surface area contributed by atoms with Crippen molar-refractivity contribution in [1.82, 2.24) is 14.3 Å². The van der Waals surface area contributed by atoms with Crippen LogP contribution in [-0.4, -0.2) is 26.6 Å². The van der Waals surface area contributed by atoms with Gasteiger partial charge in [0.2, 0.25) is 0 Å². The highest BCUT2D eigenvalue weighted by atomic mass is 35.5. The van der Waals surface area contributed by atoms with Crippen molar-refractivity contribution in [3.63, 3.8) is 0 Å². The molecule has 0 aromatic carbocycles. The Morgan fingerprint density at radius 3 is 2.73 bits per heavy atom. The fraction of sp³-hybridized carbons (Fsp3) is 0.250. The lowest BCUT2D eigenvalue weighted by Crippen LogP contribution is -2.26. The maximum atomic E-state index is 13.8. The zero-order valence-electron chi connectivity index (χ0n) is 15.7. The molecule has 0 aliphatic carbocycles. The maximum Gasteiger partial charge on any atom is 0.286 e. The third-order valence-corrected chi connectivity index (χ3v) is 5.46. The molecule has 0 fully saturated rings. The molecule has 0 unspecified atom stereocenters. The van der Waals surface area contributed by atoms with Crippen molar-refractivity contribution in [2.45, 2.75) is 32.9 Å². The van der Waals surface area contributed by atoms with E-state index in [0.29, 0.717) is 31.5 Å². The van der Waals surface area contributed by atoms with E-state index in [2.05, 4.69) is 16.9 Å². The zero-order chi connectivity index (χ0) is 21.8. The van der Waals surface area contributed by atoms with Crippen LogP contribution in [0.1, 0.15) is 33.3 Å². The minimum Gasteiger partial charge on any atom is -0.307 e. The number of aromatic nitrogens is 3. The lowest BCUT2D eigenvalue weighted by Gasteiger charge is -2.08. The summed E-state index contributed by atoms with van der Waals surface area (Å²) in [5.74, 6) is 4.22. The average molecular weight is 454 g/mol. The highest BCUT2D eigenvalue weighted by molar-refractivity contribution is 7.18. The van der Waals surface area contributed by atoms with E-state index in [1.165, 1.54) is 6.07 Å². The van der Waals surface area contributed by atoms with E-state index in [1.54, 1.807) is 17.1 Å². The summed E-state index contributed by atoms with van der Waals surface area (Å²) in [5.41, 5.74) is 0.114. The standard InChI is InChI=1S/C20H15ClF3N3O2S/c1-2-27-10-12(8-25-27)3-4-14-7-17(30-19(14)21)16(28)6-13-5-15(22)20(29)26(9-13)11-18(23)24/h5,7-10,18H,2,6,11H2,1H3. The van der Waals surface area contributed by atoms with Gasteiger partial charge >= 0.3 is 0 Å². The Balaban J connectivity index is 1.79. The van der Waals surface area contributed by atoms with Crippen molar-refractivity contribution >= 4 is 28.7 Å². The van der Waals surface area contributed by atoms with Gasteiger partial charge in [-0.15, -0.1) is 11.3 Å². The largest absolute Gasteiger partial charge is 0.307 e. The van der Waals surface area contributed by atoms with Crippen LogP contribution in [0.5, 0.6) is 0 Å². The van der Waals surface area contributed by atoms with Crippen LogP contribution in [0, 0.1) is 17.7 Å². The highest BCUT2D eigenvalue weighted by Crippen LogP contribution is 2.28. The van der Waals surface area contributed by atoms with Crippen LogP contribution in [0.2, 0.25) is 4.34 Å². The van der Waals surface area contributed by atoms with Crippen molar-refractivity contribution in [1.29, 1.82) is 0 Å². The molecule has 0 saturated heterocycles. The van der Waals surface area contributed by atoms with Crippen molar-refractivity contribution in [3.05, 3.63) is 72.8 Å². The number of pyridine rings is 1. The number of rotatable bonds is 6. The number of carbonyl (C=O) groups excluding carboxylic acids is 1. The summed E-state index contributed by atoms with van der Waals surface area (Å²) in [6.07, 6.45) is 1.37. The number of alkyl halides is 2. The van der Waals surface area contributed by atoms with E-state index in [4.69, 9.17) is 11.6 Å². The predicted molar refractivity (Wildman–Crippen MR) is 108 cm³/mol. The van der Waals surface area contributed by atoms with Gasteiger partial charge in [-0.05, 0) is 24.6 Å². The number of halogens is 4. The highest BCUT2D eigenvalue weighted by Gasteiger charge is 2.16. The van der Waals surface area contributed by atoms with Crippen molar-refractivity contribution in [2.24, 2.45) is 0 Å². The van der Waals surface area contributed by atoms with Crippen LogP contribution in [0.25, 0.3) is 0 Å². The molecular formula is C20H15ClF3N3O2S. The second kappa shape index (κ2) is 9.32. The Bertz CT molecular complexity index is 1200. The molecular weight excluding hydrogens is 439 g/mol. The van der Waals surface area contributed by atoms with Crippen molar-refractivity contribution in [2.75, 3.05) is 0 Å². The van der Waals surface area contributed by atoms with Gasteiger partial charge in [-0.25, -0.2) is 13.2 Å². The lowest BCUT2D eigenvalue weighted by atomic mass is 10.1. The second-order valence-electron chi connectivity index (χ2n) is 6.28. The minimum atomic E-state index is -2.82. The van der Waals surface area contributed by atoms with Crippen LogP contribution in [0.4, 0.5) is 13.2 Å². The van der Waals surface area contributed by atoms with E-state index >= 15 is 0 Å². The van der Waals surface area contributed by atoms with Gasteiger partial charge in [-0.2, -0.15) is 5.10 Å². The molecule has 0 spiro atoms. The first kappa shape index (κ1) is 21.9. The molecule has 0 aliphatic heterocycles. The minimum absolute atomic E-state index is 0.113. The first-order chi connectivity index (χ1) is 14.3. The lowest BCUT2D eigenvalue weighted by molar-refractivity contribution is 0.0996. The van der Waals surface area contributed by atoms with Crippen LogP contribution >= 0.6 is 22.9 Å². The normalized spacial score (nSPS) is 10.9. The third-order valence-electron chi connectivity index (χ3n) is 4.06. The number of hydrogen-bond acceptors (Lipinski definition) is 4. The van der Waals surface area contributed by atoms with E-state index in [9.17, 15) is 22.8 Å². The van der Waals surface area contributed by atoms with Crippen molar-refractivity contribution < 1.29 is 18.0 Å². The maximum absolute atomic E-state index is 13.8. The monoisotopic (exact) mass is 453 g/mol. The Kier molecular flexibility index (Phi) is 6.80. The molecule has 0 atom stereocenters. The van der Waals surface area contributed by atoms with E-state index in [-0.39, 0.29) is 12.0 Å². The SMILES string of the molecule is CCn1cc(C#Cc2cc(C(=O)Cc3cc(F)c(=O)n(CC(F)F)c3)sc2Cl)cn1. The molecule has 3 rings (SSSR count). The number of aryl methyl sites for hydroxylation is 1. The first-order valence-electron chi connectivity index (χ1n) is 8.80. The number of carbonyl (C=O) groups is 1. The van der Waals surface area contributed by atoms with Gasteiger partial charge in [0.1, 0.15) is 4.34 Å². The van der Waals surface area contributed by atoms with E-state index in [0.717, 1.165) is 23.6 Å². The summed E-state index contributed by atoms with van der Waals surface area (Å²) in [4.78, 5) is 24.5. The number of nitrogens with zero attached hydrogens (tertiary/aromatic N) is 3. The van der Waals surface area contributed by atoms with Gasteiger partial charge in [-0.3, -0.25) is 14.3 Å². The summed E-state index contributed by atoms with van der Waals surface area (Å²) in [6.45, 7) is 1.71. The summed E-state index contributed by atoms with van der Waals surface area (Å²) < 4.78 is 41.5. The molecule has 3 aromatic rings. The Morgan fingerprint density at radius 2 is 2.07 bits per heavy atom. The van der Waals surface area contributed by atoms with Gasteiger partial charge in [0, 0.05) is 25.4 Å². The van der Waals surface area contributed by atoms with Crippen molar-refractivity contribution in [3.8, 4) is 11.8 Å². The summed E-state index contributed by atoms with van der Waals surface area (Å²) >= 11 is 7.19. The second-order valence-corrected chi connectivity index (χ2v) is 7.93. The van der Waals surface area contributed by atoms with E-state index in [1.807, 2.05) is 6.92 Å². The molecule has 10 heteroatoms. The molecule has 0 bridgehead atoms. The Morgan fingerprint density at radius 1 is 1.30 bits per heavy atom. The molecule has 3 heterocycles. The number of hydrogen-bond donors (Lipinski definition) is 0.